The number of fused-ring (bicyclic) bond motifs is 3. The monoisotopic (exact) mass is 383 g/mol. The van der Waals surface area contributed by atoms with E-state index in [0.29, 0.717) is 22.0 Å². The third kappa shape index (κ3) is 4.04. The number of hydrogen-bond donors (Lipinski definition) is 3. The molecular formula is C21H29N5O2. The van der Waals surface area contributed by atoms with Gasteiger partial charge in [0.2, 0.25) is 0 Å². The van der Waals surface area contributed by atoms with Gasteiger partial charge in [-0.3, -0.25) is 9.78 Å². The summed E-state index contributed by atoms with van der Waals surface area (Å²) in [6, 6.07) is 1.76. The molecule has 0 radical (unpaired) electrons. The summed E-state index contributed by atoms with van der Waals surface area (Å²) < 4.78 is 0. The highest BCUT2D eigenvalue weighted by atomic mass is 16.2. The van der Waals surface area contributed by atoms with Crippen molar-refractivity contribution in [1.29, 1.82) is 0 Å². The number of likely N-dealkylation sites (tertiary alicyclic amines) is 1. The lowest BCUT2D eigenvalue weighted by Crippen LogP contribution is -2.54. The van der Waals surface area contributed by atoms with Crippen LogP contribution in [0, 0.1) is 11.3 Å². The van der Waals surface area contributed by atoms with Crippen LogP contribution in [0.3, 0.4) is 0 Å². The molecule has 3 N–H and O–H groups in total. The molecular weight excluding hydrogens is 354 g/mol. The molecule has 3 aromatic rings. The number of hydrogen-bond acceptors (Lipinski definition) is 4. The number of pyridine rings is 1. The molecule has 150 valence electrons. The Hall–Kier alpha value is -2.41. The van der Waals surface area contributed by atoms with Crippen LogP contribution in [-0.4, -0.2) is 44.5 Å². The minimum absolute atomic E-state index is 0.377. The molecule has 7 heteroatoms. The van der Waals surface area contributed by atoms with Gasteiger partial charge in [0.1, 0.15) is 5.65 Å². The van der Waals surface area contributed by atoms with Crippen molar-refractivity contribution in [2.24, 2.45) is 11.3 Å². The van der Waals surface area contributed by atoms with E-state index >= 15 is 0 Å². The minimum atomic E-state index is -0.513. The first-order valence-electron chi connectivity index (χ1n) is 10.2. The molecule has 1 saturated carbocycles. The zero-order valence-corrected chi connectivity index (χ0v) is 16.7. The van der Waals surface area contributed by atoms with Gasteiger partial charge in [0.15, 0.2) is 0 Å². The van der Waals surface area contributed by atoms with Crippen LogP contribution in [0.25, 0.3) is 21.9 Å². The molecule has 0 bridgehead atoms. The second-order valence-electron chi connectivity index (χ2n) is 9.03. The average Bonchev–Trinajstić information content (AvgIpc) is 3.11. The first-order chi connectivity index (χ1) is 13.4. The molecule has 0 aromatic carbocycles. The van der Waals surface area contributed by atoms with E-state index in [-0.39, 0.29) is 0 Å². The van der Waals surface area contributed by atoms with Gasteiger partial charge in [0.25, 0.3) is 5.56 Å². The summed E-state index contributed by atoms with van der Waals surface area (Å²) in [6.45, 7) is 8.82. The maximum absolute atomic E-state index is 11.4. The van der Waals surface area contributed by atoms with Crippen molar-refractivity contribution in [2.75, 3.05) is 19.6 Å². The van der Waals surface area contributed by atoms with Crippen molar-refractivity contribution in [3.8, 4) is 0 Å². The number of nitrogens with zero attached hydrogens (tertiary/aromatic N) is 2. The Morgan fingerprint density at radius 2 is 1.86 bits per heavy atom. The predicted octanol–water partition coefficient (Wildman–Crippen LogP) is 3.00. The Kier molecular flexibility index (Phi) is 5.10. The third-order valence-corrected chi connectivity index (χ3v) is 5.84. The van der Waals surface area contributed by atoms with E-state index in [2.05, 4.69) is 38.7 Å². The molecule has 1 aliphatic heterocycles. The summed E-state index contributed by atoms with van der Waals surface area (Å²) in [5, 5.41) is 1.11. The van der Waals surface area contributed by atoms with E-state index < -0.39 is 11.2 Å². The number of H-pyrrole nitrogens is 3. The highest BCUT2D eigenvalue weighted by Gasteiger charge is 2.34. The zero-order valence-electron chi connectivity index (χ0n) is 16.7. The molecule has 2 aliphatic rings. The Morgan fingerprint density at radius 3 is 2.57 bits per heavy atom. The fraction of sp³-hybridized carbons (Fsp3) is 0.571. The highest BCUT2D eigenvalue weighted by Crippen LogP contribution is 2.32. The second-order valence-corrected chi connectivity index (χ2v) is 9.03. The quantitative estimate of drug-likeness (QED) is 0.634. The highest BCUT2D eigenvalue weighted by molar-refractivity contribution is 6.01. The normalized spacial score (nSPS) is 19.9. The van der Waals surface area contributed by atoms with Gasteiger partial charge in [-0.2, -0.15) is 0 Å². The molecule has 0 atom stereocenters. The van der Waals surface area contributed by atoms with Crippen molar-refractivity contribution in [3.05, 3.63) is 39.3 Å². The summed E-state index contributed by atoms with van der Waals surface area (Å²) in [5.41, 5.74) is 0.832. The first-order valence-corrected chi connectivity index (χ1v) is 10.2. The van der Waals surface area contributed by atoms with Crippen molar-refractivity contribution < 1.29 is 0 Å². The van der Waals surface area contributed by atoms with E-state index in [1.165, 1.54) is 57.9 Å². The van der Waals surface area contributed by atoms with Crippen LogP contribution in [0.1, 0.15) is 46.0 Å². The van der Waals surface area contributed by atoms with Gasteiger partial charge in [-0.25, -0.2) is 9.78 Å². The van der Waals surface area contributed by atoms with Gasteiger partial charge >= 0.3 is 5.69 Å². The summed E-state index contributed by atoms with van der Waals surface area (Å²) in [4.78, 5) is 36.9. The van der Waals surface area contributed by atoms with Crippen LogP contribution >= 0.6 is 0 Å². The maximum atomic E-state index is 11.4. The van der Waals surface area contributed by atoms with E-state index in [4.69, 9.17) is 0 Å². The Morgan fingerprint density at radius 1 is 1.11 bits per heavy atom. The first kappa shape index (κ1) is 18.9. The SMILES string of the molecule is CC1(C)CN(CC2CCCCC2)C1.O=c1[nH]c(=O)c2cnc3[nH]ccc3c2[nH]1. The lowest BCUT2D eigenvalue weighted by Gasteiger charge is -2.47. The van der Waals surface area contributed by atoms with Gasteiger partial charge in [0, 0.05) is 37.4 Å². The molecule has 2 fully saturated rings. The van der Waals surface area contributed by atoms with Crippen LogP contribution < -0.4 is 11.2 Å². The molecule has 1 aliphatic carbocycles. The van der Waals surface area contributed by atoms with Gasteiger partial charge in [-0.15, -0.1) is 0 Å². The molecule has 3 aromatic heterocycles. The van der Waals surface area contributed by atoms with E-state index in [1.807, 2.05) is 0 Å². The number of aromatic amines is 3. The summed E-state index contributed by atoms with van der Waals surface area (Å²) in [5.74, 6) is 1.03. The van der Waals surface area contributed by atoms with Crippen LogP contribution in [0.5, 0.6) is 0 Å². The van der Waals surface area contributed by atoms with Crippen molar-refractivity contribution in [2.45, 2.75) is 46.0 Å². The molecule has 5 rings (SSSR count). The van der Waals surface area contributed by atoms with Crippen LogP contribution in [0.2, 0.25) is 0 Å². The molecule has 0 unspecified atom stereocenters. The fourth-order valence-electron chi connectivity index (χ4n) is 4.66. The Balaban J connectivity index is 0.000000139. The van der Waals surface area contributed by atoms with Crippen LogP contribution in [-0.2, 0) is 0 Å². The Labute approximate surface area is 163 Å². The van der Waals surface area contributed by atoms with E-state index in [1.54, 1.807) is 12.3 Å². The maximum Gasteiger partial charge on any atom is 0.326 e. The molecule has 0 amide bonds. The predicted molar refractivity (Wildman–Crippen MR) is 112 cm³/mol. The number of nitrogens with one attached hydrogen (secondary N) is 3. The largest absolute Gasteiger partial charge is 0.346 e. The molecule has 1 saturated heterocycles. The van der Waals surface area contributed by atoms with Gasteiger partial charge in [-0.05, 0) is 30.2 Å². The van der Waals surface area contributed by atoms with Crippen LogP contribution in [0.4, 0.5) is 0 Å². The topological polar surface area (TPSA) is 97.6 Å². The zero-order chi connectivity index (χ0) is 19.7. The van der Waals surface area contributed by atoms with Crippen molar-refractivity contribution in [1.82, 2.24) is 24.8 Å². The minimum Gasteiger partial charge on any atom is -0.346 e. The van der Waals surface area contributed by atoms with E-state index in [0.717, 1.165) is 11.3 Å². The second kappa shape index (κ2) is 7.54. The standard InChI is InChI=1S/C12H23N.C9H6N4O2/c1-12(2)9-13(10-12)8-11-6-4-3-5-7-11;14-8-5-3-11-7-4(1-2-10-7)6(5)12-9(15)13-8/h11H,3-10H2,1-2H3;1-3H,(H,10,11)(H2,12,13,14,15). The summed E-state index contributed by atoms with van der Waals surface area (Å²) >= 11 is 0. The molecule has 0 spiro atoms. The number of rotatable bonds is 2. The van der Waals surface area contributed by atoms with Crippen molar-refractivity contribution in [3.63, 3.8) is 0 Å². The average molecular weight is 383 g/mol. The summed E-state index contributed by atoms with van der Waals surface area (Å²) in [6.07, 6.45) is 10.6. The van der Waals surface area contributed by atoms with Crippen LogP contribution in [0.15, 0.2) is 28.0 Å². The smallest absolute Gasteiger partial charge is 0.326 e. The Bertz CT molecular complexity index is 1060. The van der Waals surface area contributed by atoms with Gasteiger partial charge < -0.3 is 14.9 Å². The summed E-state index contributed by atoms with van der Waals surface area (Å²) in [7, 11) is 0. The van der Waals surface area contributed by atoms with Crippen molar-refractivity contribution >= 4 is 21.9 Å². The molecule has 28 heavy (non-hydrogen) atoms. The third-order valence-electron chi connectivity index (χ3n) is 5.84. The lowest BCUT2D eigenvalue weighted by atomic mass is 9.82. The van der Waals surface area contributed by atoms with E-state index in [9.17, 15) is 9.59 Å². The lowest BCUT2D eigenvalue weighted by molar-refractivity contribution is 0.0136. The fourth-order valence-corrected chi connectivity index (χ4v) is 4.66. The van der Waals surface area contributed by atoms with Gasteiger partial charge in [0.05, 0.1) is 10.9 Å². The molecule has 7 nitrogen and oxygen atoms in total. The molecule has 4 heterocycles. The number of aromatic nitrogens is 4. The van der Waals surface area contributed by atoms with Gasteiger partial charge in [-0.1, -0.05) is 33.1 Å².